The van der Waals surface area contributed by atoms with Gasteiger partial charge in [-0.2, -0.15) is 0 Å². The quantitative estimate of drug-likeness (QED) is 0.176. The molecule has 0 N–H and O–H groups in total. The van der Waals surface area contributed by atoms with E-state index in [1.54, 1.807) is 0 Å². The molecule has 15 aromatic rings. The van der Waals surface area contributed by atoms with Crippen LogP contribution in [0.5, 0.6) is 0 Å². The Morgan fingerprint density at radius 1 is 0.271 bits per heavy atom. The fourth-order valence-electron chi connectivity index (χ4n) is 12.2. The average Bonchev–Trinajstić information content (AvgIpc) is 4.06. The lowest BCUT2D eigenvalue weighted by Crippen LogP contribution is -1.99. The predicted octanol–water partition coefficient (Wildman–Crippen LogP) is 17.4. The SMILES string of the molecule is c1ccc2c(c1)-c1cccc3c(-c4nc5ccccc5nc4-c4ccc(-n5c6ccccc6c6cc7cc(-n8c9ccccc9c9ccc%10ccccc%10c98)ccc7cc65)c5ccccc45)ccc-2c13. The highest BCUT2D eigenvalue weighted by molar-refractivity contribution is 6.21. The summed E-state index contributed by atoms with van der Waals surface area (Å²) in [5, 5.41) is 14.6. The first-order valence-electron chi connectivity index (χ1n) is 24.1. The average molecular weight is 887 g/mol. The van der Waals surface area contributed by atoms with Crippen LogP contribution in [0, 0.1) is 0 Å². The Balaban J connectivity index is 0.905. The van der Waals surface area contributed by atoms with Gasteiger partial charge in [-0.1, -0.05) is 170 Å². The van der Waals surface area contributed by atoms with Crippen molar-refractivity contribution in [3.63, 3.8) is 0 Å². The van der Waals surface area contributed by atoms with E-state index in [0.717, 1.165) is 55.7 Å². The number of fused-ring (bicyclic) bond motifs is 14. The van der Waals surface area contributed by atoms with Crippen molar-refractivity contribution in [1.29, 1.82) is 0 Å². The second-order valence-corrected chi connectivity index (χ2v) is 18.8. The molecule has 3 aromatic heterocycles. The number of aromatic nitrogens is 4. The van der Waals surface area contributed by atoms with E-state index in [1.165, 1.54) is 98.2 Å². The van der Waals surface area contributed by atoms with Gasteiger partial charge in [-0.15, -0.1) is 0 Å². The lowest BCUT2D eigenvalue weighted by molar-refractivity contribution is 1.19. The Hall–Kier alpha value is -9.38. The monoisotopic (exact) mass is 886 g/mol. The summed E-state index contributed by atoms with van der Waals surface area (Å²) in [6, 6.07) is 84.4. The van der Waals surface area contributed by atoms with Crippen LogP contribution in [0.2, 0.25) is 0 Å². The third-order valence-corrected chi connectivity index (χ3v) is 15.2. The highest BCUT2D eigenvalue weighted by Crippen LogP contribution is 2.50. The van der Waals surface area contributed by atoms with Gasteiger partial charge in [0.25, 0.3) is 0 Å². The van der Waals surface area contributed by atoms with Gasteiger partial charge in [0.15, 0.2) is 0 Å². The van der Waals surface area contributed by atoms with Gasteiger partial charge in [-0.05, 0) is 115 Å². The van der Waals surface area contributed by atoms with Gasteiger partial charge < -0.3 is 9.13 Å². The van der Waals surface area contributed by atoms with E-state index >= 15 is 0 Å². The summed E-state index contributed by atoms with van der Waals surface area (Å²) >= 11 is 0. The van der Waals surface area contributed by atoms with Crippen LogP contribution in [0.3, 0.4) is 0 Å². The van der Waals surface area contributed by atoms with Crippen molar-refractivity contribution in [2.75, 3.05) is 0 Å². The molecule has 0 fully saturated rings. The largest absolute Gasteiger partial charge is 0.309 e. The van der Waals surface area contributed by atoms with Crippen LogP contribution < -0.4 is 0 Å². The zero-order chi connectivity index (χ0) is 45.6. The summed E-state index contributed by atoms with van der Waals surface area (Å²) in [6.07, 6.45) is 0. The van der Waals surface area contributed by atoms with Crippen molar-refractivity contribution < 1.29 is 0 Å². The maximum Gasteiger partial charge on any atom is 0.0979 e. The van der Waals surface area contributed by atoms with E-state index in [2.05, 4.69) is 240 Å². The molecule has 1 aliphatic rings. The van der Waals surface area contributed by atoms with Gasteiger partial charge in [-0.25, -0.2) is 9.97 Å². The van der Waals surface area contributed by atoms with Gasteiger partial charge in [0.05, 0.1) is 50.2 Å². The normalized spacial score (nSPS) is 12.3. The molecule has 12 aromatic carbocycles. The molecule has 0 aliphatic heterocycles. The molecular formula is C66H38N4. The van der Waals surface area contributed by atoms with E-state index in [1.807, 2.05) is 0 Å². The Morgan fingerprint density at radius 3 is 1.61 bits per heavy atom. The fraction of sp³-hybridized carbons (Fsp3) is 0. The number of benzene rings is 12. The summed E-state index contributed by atoms with van der Waals surface area (Å²) in [5.41, 5.74) is 17.8. The van der Waals surface area contributed by atoms with Crippen LogP contribution >= 0.6 is 0 Å². The molecular weight excluding hydrogens is 849 g/mol. The molecule has 16 rings (SSSR count). The van der Waals surface area contributed by atoms with Crippen LogP contribution in [0.4, 0.5) is 0 Å². The molecule has 1 aliphatic carbocycles. The predicted molar refractivity (Wildman–Crippen MR) is 294 cm³/mol. The van der Waals surface area contributed by atoms with Crippen LogP contribution in [0.1, 0.15) is 0 Å². The minimum absolute atomic E-state index is 0.872. The van der Waals surface area contributed by atoms with E-state index < -0.39 is 0 Å². The number of hydrogen-bond donors (Lipinski definition) is 0. The third-order valence-electron chi connectivity index (χ3n) is 15.2. The molecule has 0 bridgehead atoms. The highest BCUT2D eigenvalue weighted by Gasteiger charge is 2.26. The maximum atomic E-state index is 5.51. The molecule has 0 spiro atoms. The number of nitrogens with zero attached hydrogens (tertiary/aromatic N) is 4. The second kappa shape index (κ2) is 14.1. The third kappa shape index (κ3) is 5.14. The van der Waals surface area contributed by atoms with Gasteiger partial charge >= 0.3 is 0 Å². The molecule has 0 atom stereocenters. The standard InChI is InChI=1S/C66H38N4/c1-2-15-43-39(14-1)29-31-55-48-20-7-11-26-59(48)69(66(43)55)42-30-28-40-38-62-56(37-41(40)36-42)49-21-8-12-27-60(49)70(62)61-35-34-53(46-18-5-6-19-47(46)61)64-65(68-58-25-10-9-24-57(58)67-64)54-33-32-52-45-17-4-3-16-44(45)50-22-13-23-51(54)63(50)52/h1-38H. The minimum Gasteiger partial charge on any atom is -0.309 e. The first kappa shape index (κ1) is 37.7. The van der Waals surface area contributed by atoms with E-state index in [0.29, 0.717) is 0 Å². The Labute approximate surface area is 401 Å². The fourth-order valence-corrected chi connectivity index (χ4v) is 12.2. The molecule has 0 amide bonds. The molecule has 0 unspecified atom stereocenters. The summed E-state index contributed by atoms with van der Waals surface area (Å²) in [4.78, 5) is 11.0. The van der Waals surface area contributed by atoms with Gasteiger partial charge in [0, 0.05) is 49.1 Å². The Morgan fingerprint density at radius 2 is 0.829 bits per heavy atom. The van der Waals surface area contributed by atoms with Gasteiger partial charge in [-0.3, -0.25) is 0 Å². The smallest absolute Gasteiger partial charge is 0.0979 e. The van der Waals surface area contributed by atoms with Crippen molar-refractivity contribution >= 4 is 97.7 Å². The van der Waals surface area contributed by atoms with Crippen LogP contribution in [0.25, 0.3) is 154 Å². The second-order valence-electron chi connectivity index (χ2n) is 18.8. The zero-order valence-electron chi connectivity index (χ0n) is 37.7. The minimum atomic E-state index is 0.872. The molecule has 0 saturated heterocycles. The van der Waals surface area contributed by atoms with Gasteiger partial charge in [0.1, 0.15) is 0 Å². The van der Waals surface area contributed by atoms with Crippen molar-refractivity contribution in [3.8, 4) is 56.1 Å². The van der Waals surface area contributed by atoms with E-state index in [9.17, 15) is 0 Å². The molecule has 0 radical (unpaired) electrons. The topological polar surface area (TPSA) is 35.6 Å². The maximum absolute atomic E-state index is 5.51. The first-order chi connectivity index (χ1) is 34.7. The van der Waals surface area contributed by atoms with Crippen LogP contribution in [-0.4, -0.2) is 19.1 Å². The van der Waals surface area contributed by atoms with Crippen LogP contribution in [0.15, 0.2) is 231 Å². The number of hydrogen-bond acceptors (Lipinski definition) is 2. The lowest BCUT2D eigenvalue weighted by Gasteiger charge is -2.17. The molecule has 3 heterocycles. The van der Waals surface area contributed by atoms with Crippen molar-refractivity contribution in [2.45, 2.75) is 0 Å². The molecule has 4 heteroatoms. The highest BCUT2D eigenvalue weighted by atomic mass is 15.0. The summed E-state index contributed by atoms with van der Waals surface area (Å²) in [5.74, 6) is 0. The van der Waals surface area contributed by atoms with Crippen molar-refractivity contribution in [2.24, 2.45) is 0 Å². The molecule has 0 saturated carbocycles. The van der Waals surface area contributed by atoms with Crippen molar-refractivity contribution in [3.05, 3.63) is 231 Å². The number of para-hydroxylation sites is 4. The molecule has 322 valence electrons. The van der Waals surface area contributed by atoms with Crippen molar-refractivity contribution in [1.82, 2.24) is 19.1 Å². The lowest BCUT2D eigenvalue weighted by atomic mass is 9.93. The number of rotatable bonds is 4. The van der Waals surface area contributed by atoms with E-state index in [4.69, 9.17) is 9.97 Å². The molecule has 70 heavy (non-hydrogen) atoms. The Kier molecular flexibility index (Phi) is 7.58. The summed E-state index contributed by atoms with van der Waals surface area (Å²) < 4.78 is 4.93. The summed E-state index contributed by atoms with van der Waals surface area (Å²) in [6.45, 7) is 0. The summed E-state index contributed by atoms with van der Waals surface area (Å²) in [7, 11) is 0. The Bertz CT molecular complexity index is 4750. The van der Waals surface area contributed by atoms with Gasteiger partial charge in [0.2, 0.25) is 0 Å². The zero-order valence-corrected chi connectivity index (χ0v) is 37.7. The first-order valence-corrected chi connectivity index (χ1v) is 24.1. The van der Waals surface area contributed by atoms with E-state index in [-0.39, 0.29) is 0 Å². The molecule has 4 nitrogen and oxygen atoms in total. The van der Waals surface area contributed by atoms with Crippen LogP contribution in [-0.2, 0) is 0 Å².